The van der Waals surface area contributed by atoms with E-state index in [1.54, 1.807) is 43.3 Å². The molecule has 2 rings (SSSR count). The number of nitrogens with one attached hydrogen (secondary N) is 1. The van der Waals surface area contributed by atoms with Crippen LogP contribution in [-0.4, -0.2) is 18.4 Å². The molecule has 0 aliphatic heterocycles. The molecule has 1 N–H and O–H groups in total. The van der Waals surface area contributed by atoms with Crippen LogP contribution in [0.25, 0.3) is 0 Å². The number of rotatable bonds is 5. The van der Waals surface area contributed by atoms with E-state index in [9.17, 15) is 9.59 Å². The van der Waals surface area contributed by atoms with Gasteiger partial charge in [-0.05, 0) is 6.92 Å². The van der Waals surface area contributed by atoms with Crippen LogP contribution in [0.15, 0.2) is 60.7 Å². The van der Waals surface area contributed by atoms with Gasteiger partial charge in [-0.25, -0.2) is 4.79 Å². The highest BCUT2D eigenvalue weighted by atomic mass is 16.6. The van der Waals surface area contributed by atoms with Gasteiger partial charge in [0, 0.05) is 17.7 Å². The number of amides is 1. The third-order valence-corrected chi connectivity index (χ3v) is 2.94. The van der Waals surface area contributed by atoms with Gasteiger partial charge < -0.3 is 10.1 Å². The molecule has 0 saturated carbocycles. The molecule has 0 heterocycles. The summed E-state index contributed by atoms with van der Waals surface area (Å²) < 4.78 is 5.29. The van der Waals surface area contributed by atoms with Crippen LogP contribution >= 0.6 is 0 Å². The van der Waals surface area contributed by atoms with Gasteiger partial charge in [-0.15, -0.1) is 0 Å². The highest BCUT2D eigenvalue weighted by Gasteiger charge is 2.25. The van der Waals surface area contributed by atoms with Crippen LogP contribution in [0.4, 0.5) is 4.79 Å². The van der Waals surface area contributed by atoms with Gasteiger partial charge in [0.05, 0.1) is 0 Å². The van der Waals surface area contributed by atoms with E-state index in [1.165, 1.54) is 0 Å². The van der Waals surface area contributed by atoms with E-state index >= 15 is 0 Å². The van der Waals surface area contributed by atoms with Crippen LogP contribution in [0.1, 0.15) is 28.9 Å². The molecule has 0 aliphatic carbocycles. The molecule has 1 unspecified atom stereocenters. The average Bonchev–Trinajstić information content (AvgIpc) is 2.54. The Bertz CT molecular complexity index is 596. The van der Waals surface area contributed by atoms with Gasteiger partial charge in [0.1, 0.15) is 0 Å². The molecule has 2 aromatic carbocycles. The lowest BCUT2D eigenvalue weighted by Gasteiger charge is -2.17. The number of ketones is 1. The fourth-order valence-corrected chi connectivity index (χ4v) is 1.95. The number of carbonyl (C=O) groups excluding carboxylic acids is 2. The Morgan fingerprint density at radius 2 is 1.57 bits per heavy atom. The van der Waals surface area contributed by atoms with Gasteiger partial charge >= 0.3 is 6.09 Å². The fourth-order valence-electron chi connectivity index (χ4n) is 1.95. The lowest BCUT2D eigenvalue weighted by Crippen LogP contribution is -2.28. The maximum atomic E-state index is 12.6. The summed E-state index contributed by atoms with van der Waals surface area (Å²) in [5.41, 5.74) is 1.16. The number of alkyl carbamates (subject to hydrolysis) is 1. The first kappa shape index (κ1) is 14.8. The van der Waals surface area contributed by atoms with E-state index in [4.69, 9.17) is 4.74 Å². The molecule has 1 amide bonds. The molecule has 4 nitrogen and oxygen atoms in total. The van der Waals surface area contributed by atoms with Crippen LogP contribution in [0.5, 0.6) is 0 Å². The first-order chi connectivity index (χ1) is 10.2. The molecule has 0 radical (unpaired) electrons. The Morgan fingerprint density at radius 1 is 1.00 bits per heavy atom. The quantitative estimate of drug-likeness (QED) is 0.856. The van der Waals surface area contributed by atoms with E-state index in [1.807, 2.05) is 24.3 Å². The number of hydrogen-bond donors (Lipinski definition) is 1. The first-order valence-electron chi connectivity index (χ1n) is 6.81. The predicted molar refractivity (Wildman–Crippen MR) is 80.1 cm³/mol. The highest BCUT2D eigenvalue weighted by Crippen LogP contribution is 2.22. The molecular weight excluding hydrogens is 266 g/mol. The van der Waals surface area contributed by atoms with Crippen molar-refractivity contribution in [2.45, 2.75) is 13.0 Å². The number of carbonyl (C=O) groups is 2. The van der Waals surface area contributed by atoms with Gasteiger partial charge in [0.25, 0.3) is 0 Å². The Morgan fingerprint density at radius 3 is 2.14 bits per heavy atom. The maximum Gasteiger partial charge on any atom is 0.408 e. The molecule has 0 aromatic heterocycles. The molecule has 1 atom stereocenters. The number of Topliss-reactive ketones (excluding diaryl/α,β-unsaturated/α-hetero) is 1. The Balaban J connectivity index is 2.28. The second kappa shape index (κ2) is 7.24. The zero-order valence-corrected chi connectivity index (χ0v) is 11.8. The van der Waals surface area contributed by atoms with Gasteiger partial charge in [0.2, 0.25) is 5.78 Å². The van der Waals surface area contributed by atoms with E-state index < -0.39 is 12.2 Å². The van der Waals surface area contributed by atoms with Gasteiger partial charge in [-0.3, -0.25) is 4.79 Å². The molecule has 108 valence electrons. The minimum atomic E-state index is -0.944. The predicted octanol–water partition coefficient (Wildman–Crippen LogP) is 3.36. The summed E-state index contributed by atoms with van der Waals surface area (Å²) in [5.74, 6) is -0.243. The topological polar surface area (TPSA) is 55.4 Å². The van der Waals surface area contributed by atoms with Gasteiger partial charge in [-0.2, -0.15) is 0 Å². The van der Waals surface area contributed by atoms with Crippen LogP contribution in [-0.2, 0) is 4.74 Å². The number of ether oxygens (including phenoxy) is 1. The fraction of sp³-hybridized carbons (Fsp3) is 0.176. The lowest BCUT2D eigenvalue weighted by atomic mass is 10.00. The average molecular weight is 283 g/mol. The Labute approximate surface area is 123 Å². The molecule has 21 heavy (non-hydrogen) atoms. The number of benzene rings is 2. The van der Waals surface area contributed by atoms with Crippen molar-refractivity contribution in [2.75, 3.05) is 6.54 Å². The SMILES string of the molecule is CCNC(=O)OC(C(=O)c1ccccc1)c1ccccc1. The molecule has 0 spiro atoms. The smallest absolute Gasteiger partial charge is 0.408 e. The molecule has 0 aliphatic rings. The molecule has 0 bridgehead atoms. The van der Waals surface area contributed by atoms with Crippen molar-refractivity contribution in [2.24, 2.45) is 0 Å². The Hall–Kier alpha value is -2.62. The standard InChI is InChI=1S/C17H17NO3/c1-2-18-17(20)21-16(14-11-7-4-8-12-14)15(19)13-9-5-3-6-10-13/h3-12,16H,2H2,1H3,(H,18,20). The molecular formula is C17H17NO3. The van der Waals surface area contributed by atoms with Crippen molar-refractivity contribution in [1.82, 2.24) is 5.32 Å². The minimum absolute atomic E-state index is 0.243. The summed E-state index contributed by atoms with van der Waals surface area (Å²) in [5, 5.41) is 2.54. The zero-order chi connectivity index (χ0) is 15.1. The van der Waals surface area contributed by atoms with E-state index in [0.29, 0.717) is 17.7 Å². The molecule has 0 fully saturated rings. The largest absolute Gasteiger partial charge is 0.433 e. The first-order valence-corrected chi connectivity index (χ1v) is 6.81. The summed E-state index contributed by atoms with van der Waals surface area (Å²) in [7, 11) is 0. The second-order valence-corrected chi connectivity index (χ2v) is 4.46. The van der Waals surface area contributed by atoms with Crippen LogP contribution in [0.2, 0.25) is 0 Å². The number of hydrogen-bond acceptors (Lipinski definition) is 3. The van der Waals surface area contributed by atoms with Crippen molar-refractivity contribution >= 4 is 11.9 Å². The summed E-state index contributed by atoms with van der Waals surface area (Å²) in [4.78, 5) is 24.3. The van der Waals surface area contributed by atoms with E-state index in [0.717, 1.165) is 0 Å². The van der Waals surface area contributed by atoms with E-state index in [2.05, 4.69) is 5.32 Å². The third kappa shape index (κ3) is 3.92. The van der Waals surface area contributed by atoms with Crippen molar-refractivity contribution in [3.05, 3.63) is 71.8 Å². The Kier molecular flexibility index (Phi) is 5.10. The van der Waals surface area contributed by atoms with E-state index in [-0.39, 0.29) is 5.78 Å². The van der Waals surface area contributed by atoms with Crippen LogP contribution in [0, 0.1) is 0 Å². The monoisotopic (exact) mass is 283 g/mol. The summed E-state index contributed by atoms with van der Waals surface area (Å²) >= 11 is 0. The second-order valence-electron chi connectivity index (χ2n) is 4.46. The van der Waals surface area contributed by atoms with Crippen molar-refractivity contribution in [3.8, 4) is 0 Å². The van der Waals surface area contributed by atoms with Crippen molar-refractivity contribution in [1.29, 1.82) is 0 Å². The van der Waals surface area contributed by atoms with Crippen molar-refractivity contribution in [3.63, 3.8) is 0 Å². The third-order valence-electron chi connectivity index (χ3n) is 2.94. The molecule has 2 aromatic rings. The summed E-state index contributed by atoms with van der Waals surface area (Å²) in [6.07, 6.45) is -1.55. The lowest BCUT2D eigenvalue weighted by molar-refractivity contribution is 0.0629. The molecule has 0 saturated heterocycles. The highest BCUT2D eigenvalue weighted by molar-refractivity contribution is 6.00. The summed E-state index contributed by atoms with van der Waals surface area (Å²) in [6, 6.07) is 17.8. The van der Waals surface area contributed by atoms with Crippen LogP contribution in [0.3, 0.4) is 0 Å². The zero-order valence-electron chi connectivity index (χ0n) is 11.8. The normalized spacial score (nSPS) is 11.5. The minimum Gasteiger partial charge on any atom is -0.433 e. The van der Waals surface area contributed by atoms with Crippen molar-refractivity contribution < 1.29 is 14.3 Å². The molecule has 4 heteroatoms. The van der Waals surface area contributed by atoms with Gasteiger partial charge in [-0.1, -0.05) is 60.7 Å². The maximum absolute atomic E-state index is 12.6. The van der Waals surface area contributed by atoms with Gasteiger partial charge in [0.15, 0.2) is 6.10 Å². The van der Waals surface area contributed by atoms with Crippen LogP contribution < -0.4 is 5.32 Å². The summed E-state index contributed by atoms with van der Waals surface area (Å²) in [6.45, 7) is 2.23.